The van der Waals surface area contributed by atoms with Crippen LogP contribution in [0.25, 0.3) is 0 Å². The van der Waals surface area contributed by atoms with E-state index in [1.54, 1.807) is 10.4 Å². The minimum absolute atomic E-state index is 0.0200. The summed E-state index contributed by atoms with van der Waals surface area (Å²) >= 11 is 1.53. The molecule has 0 aliphatic carbocycles. The van der Waals surface area contributed by atoms with Gasteiger partial charge in [-0.05, 0) is 32.8 Å². The fourth-order valence-corrected chi connectivity index (χ4v) is 6.30. The van der Waals surface area contributed by atoms with Gasteiger partial charge in [0.2, 0.25) is 21.8 Å². The zero-order valence-corrected chi connectivity index (χ0v) is 18.2. The summed E-state index contributed by atoms with van der Waals surface area (Å²) in [6, 6.07) is 1.76. The molecule has 1 aliphatic heterocycles. The van der Waals surface area contributed by atoms with Crippen LogP contribution in [0.1, 0.15) is 48.3 Å². The van der Waals surface area contributed by atoms with Crippen LogP contribution >= 0.6 is 11.3 Å². The SMILES string of the molecule is Cc1cc(S(=O)(=O)N2CCN(C(C)c3nnc(CC(C)C)o3)CC2)c(C)s1. The van der Waals surface area contributed by atoms with Crippen molar-refractivity contribution in [2.24, 2.45) is 5.92 Å². The molecular formula is C18H28N4O3S2. The van der Waals surface area contributed by atoms with Crippen LogP contribution < -0.4 is 0 Å². The predicted octanol–water partition coefficient (Wildman–Crippen LogP) is 3.01. The van der Waals surface area contributed by atoms with Gasteiger partial charge in [-0.15, -0.1) is 21.5 Å². The molecule has 0 spiro atoms. The minimum Gasteiger partial charge on any atom is -0.424 e. The van der Waals surface area contributed by atoms with Crippen LogP contribution in [-0.4, -0.2) is 54.0 Å². The van der Waals surface area contributed by atoms with Crippen LogP contribution in [0.15, 0.2) is 15.4 Å². The van der Waals surface area contributed by atoms with E-state index < -0.39 is 10.0 Å². The highest BCUT2D eigenvalue weighted by Gasteiger charge is 2.33. The maximum absolute atomic E-state index is 12.9. The minimum atomic E-state index is -3.43. The highest BCUT2D eigenvalue weighted by atomic mass is 32.2. The molecule has 7 nitrogen and oxygen atoms in total. The number of hydrogen-bond acceptors (Lipinski definition) is 7. The first kappa shape index (κ1) is 20.4. The lowest BCUT2D eigenvalue weighted by molar-refractivity contribution is 0.128. The van der Waals surface area contributed by atoms with E-state index in [2.05, 4.69) is 28.9 Å². The molecule has 0 amide bonds. The number of hydrogen-bond donors (Lipinski definition) is 0. The molecule has 1 saturated heterocycles. The van der Waals surface area contributed by atoms with Gasteiger partial charge in [-0.1, -0.05) is 13.8 Å². The molecule has 2 aromatic heterocycles. The van der Waals surface area contributed by atoms with E-state index in [9.17, 15) is 8.42 Å². The quantitative estimate of drug-likeness (QED) is 0.726. The Balaban J connectivity index is 1.64. The van der Waals surface area contributed by atoms with Gasteiger partial charge in [0.1, 0.15) is 0 Å². The normalized spacial score (nSPS) is 18.3. The van der Waals surface area contributed by atoms with Crippen molar-refractivity contribution in [3.05, 3.63) is 27.6 Å². The van der Waals surface area contributed by atoms with Crippen LogP contribution in [0.2, 0.25) is 0 Å². The van der Waals surface area contributed by atoms with Crippen molar-refractivity contribution in [1.29, 1.82) is 0 Å². The molecule has 0 N–H and O–H groups in total. The molecule has 150 valence electrons. The third-order valence-corrected chi connectivity index (χ3v) is 7.98. The number of aryl methyl sites for hydroxylation is 2. The number of aromatic nitrogens is 2. The Kier molecular flexibility index (Phi) is 6.05. The number of thiophene rings is 1. The molecule has 1 fully saturated rings. The molecular weight excluding hydrogens is 384 g/mol. The van der Waals surface area contributed by atoms with Crippen LogP contribution in [-0.2, 0) is 16.4 Å². The lowest BCUT2D eigenvalue weighted by Gasteiger charge is -2.36. The van der Waals surface area contributed by atoms with Crippen LogP contribution in [0, 0.1) is 19.8 Å². The molecule has 0 aromatic carbocycles. The van der Waals surface area contributed by atoms with Gasteiger partial charge < -0.3 is 4.42 Å². The van der Waals surface area contributed by atoms with Crippen molar-refractivity contribution >= 4 is 21.4 Å². The molecule has 0 saturated carbocycles. The molecule has 3 rings (SSSR count). The van der Waals surface area contributed by atoms with E-state index in [1.165, 1.54) is 11.3 Å². The first-order chi connectivity index (χ1) is 12.7. The highest BCUT2D eigenvalue weighted by molar-refractivity contribution is 7.89. The Bertz CT molecular complexity index is 880. The zero-order valence-electron chi connectivity index (χ0n) is 16.6. The van der Waals surface area contributed by atoms with Gasteiger partial charge in [-0.3, -0.25) is 4.90 Å². The zero-order chi connectivity index (χ0) is 19.8. The van der Waals surface area contributed by atoms with Crippen molar-refractivity contribution in [3.8, 4) is 0 Å². The van der Waals surface area contributed by atoms with Gasteiger partial charge >= 0.3 is 0 Å². The van der Waals surface area contributed by atoms with Gasteiger partial charge in [0.05, 0.1) is 10.9 Å². The van der Waals surface area contributed by atoms with E-state index in [0.717, 1.165) is 16.2 Å². The highest BCUT2D eigenvalue weighted by Crippen LogP contribution is 2.29. The van der Waals surface area contributed by atoms with Gasteiger partial charge in [-0.2, -0.15) is 4.31 Å². The molecule has 0 radical (unpaired) electrons. The van der Waals surface area contributed by atoms with Crippen molar-refractivity contribution in [2.75, 3.05) is 26.2 Å². The van der Waals surface area contributed by atoms with E-state index in [1.807, 2.05) is 20.8 Å². The van der Waals surface area contributed by atoms with Crippen LogP contribution in [0.5, 0.6) is 0 Å². The second-order valence-corrected chi connectivity index (χ2v) is 10.9. The monoisotopic (exact) mass is 412 g/mol. The number of rotatable bonds is 6. The van der Waals surface area contributed by atoms with Gasteiger partial charge in [-0.25, -0.2) is 8.42 Å². The fraction of sp³-hybridized carbons (Fsp3) is 0.667. The molecule has 3 heterocycles. The summed E-state index contributed by atoms with van der Waals surface area (Å²) in [5, 5.41) is 8.31. The first-order valence-corrected chi connectivity index (χ1v) is 11.6. The summed E-state index contributed by atoms with van der Waals surface area (Å²) in [6.07, 6.45) is 0.769. The molecule has 9 heteroatoms. The Morgan fingerprint density at radius 2 is 1.81 bits per heavy atom. The number of sulfonamides is 1. The van der Waals surface area contributed by atoms with Crippen molar-refractivity contribution in [3.63, 3.8) is 0 Å². The topological polar surface area (TPSA) is 79.5 Å². The summed E-state index contributed by atoms with van der Waals surface area (Å²) in [4.78, 5) is 4.52. The van der Waals surface area contributed by atoms with E-state index >= 15 is 0 Å². The van der Waals surface area contributed by atoms with E-state index in [-0.39, 0.29) is 6.04 Å². The summed E-state index contributed by atoms with van der Waals surface area (Å²) < 4.78 is 33.3. The molecule has 0 bridgehead atoms. The number of piperazine rings is 1. The smallest absolute Gasteiger partial charge is 0.244 e. The largest absolute Gasteiger partial charge is 0.424 e. The van der Waals surface area contributed by atoms with Crippen molar-refractivity contribution in [1.82, 2.24) is 19.4 Å². The summed E-state index contributed by atoms with van der Waals surface area (Å²) in [5.74, 6) is 1.73. The molecule has 1 aliphatic rings. The lowest BCUT2D eigenvalue weighted by Crippen LogP contribution is -2.49. The maximum atomic E-state index is 12.9. The molecule has 2 aromatic rings. The predicted molar refractivity (Wildman–Crippen MR) is 105 cm³/mol. The fourth-order valence-electron chi connectivity index (χ4n) is 3.36. The molecule has 1 unspecified atom stereocenters. The van der Waals surface area contributed by atoms with Gasteiger partial charge in [0.25, 0.3) is 0 Å². The Labute approximate surface area is 165 Å². The summed E-state index contributed by atoms with van der Waals surface area (Å²) in [7, 11) is -3.43. The van der Waals surface area contributed by atoms with Crippen LogP contribution in [0.3, 0.4) is 0 Å². The number of nitrogens with zero attached hydrogens (tertiary/aromatic N) is 4. The summed E-state index contributed by atoms with van der Waals surface area (Å²) in [5.41, 5.74) is 0. The standard InChI is InChI=1S/C18H28N4O3S2/c1-12(2)10-17-19-20-18(25-17)14(4)21-6-8-22(9-7-21)27(23,24)16-11-13(3)26-15(16)5/h11-12,14H,6-10H2,1-5H3. The van der Waals surface area contributed by atoms with E-state index in [0.29, 0.717) is 48.8 Å². The molecule has 1 atom stereocenters. The van der Waals surface area contributed by atoms with Crippen molar-refractivity contribution < 1.29 is 12.8 Å². The second kappa shape index (κ2) is 7.98. The first-order valence-electron chi connectivity index (χ1n) is 9.32. The van der Waals surface area contributed by atoms with E-state index in [4.69, 9.17) is 4.42 Å². The maximum Gasteiger partial charge on any atom is 0.244 e. The Morgan fingerprint density at radius 1 is 1.15 bits per heavy atom. The third-order valence-electron chi connectivity index (χ3n) is 4.86. The third kappa shape index (κ3) is 4.42. The molecule has 27 heavy (non-hydrogen) atoms. The van der Waals surface area contributed by atoms with Crippen molar-refractivity contribution in [2.45, 2.75) is 52.0 Å². The van der Waals surface area contributed by atoms with Gasteiger partial charge in [0.15, 0.2) is 0 Å². The van der Waals surface area contributed by atoms with Crippen LogP contribution in [0.4, 0.5) is 0 Å². The van der Waals surface area contributed by atoms with Gasteiger partial charge in [0, 0.05) is 42.4 Å². The summed E-state index contributed by atoms with van der Waals surface area (Å²) in [6.45, 7) is 12.3. The second-order valence-electron chi connectivity index (χ2n) is 7.53. The average Bonchev–Trinajstić information content (AvgIpc) is 3.20. The Hall–Kier alpha value is -1.29. The lowest BCUT2D eigenvalue weighted by atomic mass is 10.1. The Morgan fingerprint density at radius 3 is 2.37 bits per heavy atom. The average molecular weight is 413 g/mol.